The van der Waals surface area contributed by atoms with Crippen LogP contribution in [0.5, 0.6) is 0 Å². The summed E-state index contributed by atoms with van der Waals surface area (Å²) in [6.45, 7) is 0. The number of nitrogens with zero attached hydrogens (tertiary/aromatic N) is 1. The number of anilines is 1. The number of fused-ring (bicyclic) bond motifs is 1. The van der Waals surface area contributed by atoms with Crippen LogP contribution in [0, 0.1) is 0 Å². The molecule has 0 fully saturated rings. The monoisotopic (exact) mass is 259 g/mol. The zero-order valence-electron chi connectivity index (χ0n) is 10.3. The lowest BCUT2D eigenvalue weighted by molar-refractivity contribution is -0.140. The van der Waals surface area contributed by atoms with Gasteiger partial charge in [-0.15, -0.1) is 0 Å². The molecule has 0 spiro atoms. The van der Waals surface area contributed by atoms with Crippen LogP contribution >= 0.6 is 0 Å². The fourth-order valence-corrected chi connectivity index (χ4v) is 2.15. The second-order valence-corrected chi connectivity index (χ2v) is 4.32. The second kappa shape index (κ2) is 4.31. The maximum absolute atomic E-state index is 11.4. The number of methoxy groups -OCH3 is 1. The van der Waals surface area contributed by atoms with Crippen molar-refractivity contribution >= 4 is 22.7 Å². The third-order valence-corrected chi connectivity index (χ3v) is 3.16. The molecule has 1 unspecified atom stereocenters. The molecule has 3 N–H and O–H groups in total. The quantitative estimate of drug-likeness (QED) is 0.800. The SMILES string of the molecule is COC(=O)C1=CCC(c2ccc3[nH]nc(N)c3c2)O1. The van der Waals surface area contributed by atoms with Crippen molar-refractivity contribution in [3.8, 4) is 0 Å². The molecular weight excluding hydrogens is 246 g/mol. The van der Waals surface area contributed by atoms with E-state index in [-0.39, 0.29) is 11.9 Å². The number of aromatic amines is 1. The summed E-state index contributed by atoms with van der Waals surface area (Å²) in [4.78, 5) is 11.4. The largest absolute Gasteiger partial charge is 0.478 e. The third-order valence-electron chi connectivity index (χ3n) is 3.16. The number of carbonyl (C=O) groups is 1. The van der Waals surface area contributed by atoms with Crippen molar-refractivity contribution in [1.82, 2.24) is 10.2 Å². The van der Waals surface area contributed by atoms with E-state index in [9.17, 15) is 4.79 Å². The van der Waals surface area contributed by atoms with E-state index in [0.29, 0.717) is 12.2 Å². The van der Waals surface area contributed by atoms with Gasteiger partial charge in [-0.25, -0.2) is 4.79 Å². The minimum atomic E-state index is -0.452. The number of hydrogen-bond acceptors (Lipinski definition) is 5. The zero-order chi connectivity index (χ0) is 13.4. The van der Waals surface area contributed by atoms with Gasteiger partial charge >= 0.3 is 5.97 Å². The number of esters is 1. The molecule has 0 bridgehead atoms. The molecule has 19 heavy (non-hydrogen) atoms. The van der Waals surface area contributed by atoms with Crippen molar-refractivity contribution in [3.63, 3.8) is 0 Å². The third kappa shape index (κ3) is 1.91. The van der Waals surface area contributed by atoms with Crippen LogP contribution in [-0.2, 0) is 14.3 Å². The Hall–Kier alpha value is -2.50. The Kier molecular flexibility index (Phi) is 2.63. The molecule has 1 aromatic carbocycles. The number of H-pyrrole nitrogens is 1. The van der Waals surface area contributed by atoms with E-state index in [1.165, 1.54) is 7.11 Å². The topological polar surface area (TPSA) is 90.2 Å². The number of carbonyl (C=O) groups excluding carboxylic acids is 1. The van der Waals surface area contributed by atoms with Crippen molar-refractivity contribution in [2.24, 2.45) is 0 Å². The Morgan fingerprint density at radius 3 is 3.21 bits per heavy atom. The minimum absolute atomic E-state index is 0.187. The van der Waals surface area contributed by atoms with Crippen LogP contribution in [-0.4, -0.2) is 23.3 Å². The summed E-state index contributed by atoms with van der Waals surface area (Å²) in [6.07, 6.45) is 2.18. The van der Waals surface area contributed by atoms with Gasteiger partial charge in [-0.3, -0.25) is 5.10 Å². The Morgan fingerprint density at radius 1 is 1.58 bits per heavy atom. The number of aromatic nitrogens is 2. The van der Waals surface area contributed by atoms with Crippen LogP contribution in [0.25, 0.3) is 10.9 Å². The number of nitrogens with one attached hydrogen (secondary N) is 1. The van der Waals surface area contributed by atoms with E-state index in [4.69, 9.17) is 10.5 Å². The maximum Gasteiger partial charge on any atom is 0.372 e. The molecule has 98 valence electrons. The fourth-order valence-electron chi connectivity index (χ4n) is 2.15. The van der Waals surface area contributed by atoms with Gasteiger partial charge in [0.1, 0.15) is 6.10 Å². The van der Waals surface area contributed by atoms with Crippen LogP contribution < -0.4 is 5.73 Å². The van der Waals surface area contributed by atoms with Gasteiger partial charge in [-0.2, -0.15) is 5.10 Å². The molecule has 1 atom stereocenters. The van der Waals surface area contributed by atoms with Gasteiger partial charge < -0.3 is 15.2 Å². The van der Waals surface area contributed by atoms with Gasteiger partial charge in [0.15, 0.2) is 5.82 Å². The van der Waals surface area contributed by atoms with Crippen molar-refractivity contribution in [2.75, 3.05) is 12.8 Å². The Bertz CT molecular complexity index is 675. The van der Waals surface area contributed by atoms with E-state index in [2.05, 4.69) is 14.9 Å². The molecule has 3 rings (SSSR count). The zero-order valence-corrected chi connectivity index (χ0v) is 10.3. The first-order valence-corrected chi connectivity index (χ1v) is 5.87. The summed E-state index contributed by atoms with van der Waals surface area (Å²) in [6, 6.07) is 5.75. The van der Waals surface area contributed by atoms with Crippen molar-refractivity contribution in [2.45, 2.75) is 12.5 Å². The van der Waals surface area contributed by atoms with Crippen molar-refractivity contribution in [1.29, 1.82) is 0 Å². The lowest BCUT2D eigenvalue weighted by atomic mass is 10.1. The normalized spacial score (nSPS) is 18.2. The fraction of sp³-hybridized carbons (Fsp3) is 0.231. The Labute approximate surface area is 109 Å². The number of nitrogen functional groups attached to an aromatic ring is 1. The first kappa shape index (κ1) is 11.6. The van der Waals surface area contributed by atoms with Crippen LogP contribution in [0.1, 0.15) is 18.1 Å². The molecule has 0 saturated heterocycles. The average Bonchev–Trinajstić information content (AvgIpc) is 3.05. The van der Waals surface area contributed by atoms with Gasteiger partial charge in [0, 0.05) is 11.8 Å². The molecule has 6 nitrogen and oxygen atoms in total. The summed E-state index contributed by atoms with van der Waals surface area (Å²) in [5, 5.41) is 7.64. The molecule has 0 radical (unpaired) electrons. The number of benzene rings is 1. The summed E-state index contributed by atoms with van der Waals surface area (Å²) < 4.78 is 10.2. The Balaban J connectivity index is 1.86. The highest BCUT2D eigenvalue weighted by Crippen LogP contribution is 2.33. The number of rotatable bonds is 2. The van der Waals surface area contributed by atoms with Gasteiger partial charge in [-0.05, 0) is 23.8 Å². The second-order valence-electron chi connectivity index (χ2n) is 4.32. The van der Waals surface area contributed by atoms with E-state index >= 15 is 0 Å². The summed E-state index contributed by atoms with van der Waals surface area (Å²) in [5.41, 5.74) is 7.60. The summed E-state index contributed by atoms with van der Waals surface area (Å²) >= 11 is 0. The summed E-state index contributed by atoms with van der Waals surface area (Å²) in [7, 11) is 1.33. The predicted octanol–water partition coefficient (Wildman–Crippen LogP) is 1.66. The van der Waals surface area contributed by atoms with E-state index in [1.54, 1.807) is 6.08 Å². The molecular formula is C13H13N3O3. The van der Waals surface area contributed by atoms with Crippen molar-refractivity contribution < 1.29 is 14.3 Å². The van der Waals surface area contributed by atoms with E-state index < -0.39 is 5.97 Å². The first-order valence-electron chi connectivity index (χ1n) is 5.87. The molecule has 0 saturated carbocycles. The molecule has 1 aliphatic heterocycles. The summed E-state index contributed by atoms with van der Waals surface area (Å²) in [5.74, 6) is 0.259. The van der Waals surface area contributed by atoms with Crippen molar-refractivity contribution in [3.05, 3.63) is 35.6 Å². The molecule has 0 amide bonds. The predicted molar refractivity (Wildman–Crippen MR) is 69.0 cm³/mol. The van der Waals surface area contributed by atoms with Crippen LogP contribution in [0.4, 0.5) is 5.82 Å². The van der Waals surface area contributed by atoms with Gasteiger partial charge in [0.25, 0.3) is 0 Å². The Morgan fingerprint density at radius 2 is 2.42 bits per heavy atom. The highest BCUT2D eigenvalue weighted by atomic mass is 16.6. The minimum Gasteiger partial charge on any atom is -0.478 e. The lowest BCUT2D eigenvalue weighted by Crippen LogP contribution is -2.06. The van der Waals surface area contributed by atoms with Gasteiger partial charge in [0.05, 0.1) is 12.6 Å². The average molecular weight is 259 g/mol. The number of hydrogen-bond donors (Lipinski definition) is 2. The van der Waals surface area contributed by atoms with Crippen LogP contribution in [0.2, 0.25) is 0 Å². The molecule has 1 aliphatic rings. The highest BCUT2D eigenvalue weighted by molar-refractivity contribution is 5.89. The van der Waals surface area contributed by atoms with Gasteiger partial charge in [0.2, 0.25) is 5.76 Å². The van der Waals surface area contributed by atoms with Gasteiger partial charge in [-0.1, -0.05) is 6.07 Å². The first-order chi connectivity index (χ1) is 9.19. The molecule has 6 heteroatoms. The molecule has 1 aromatic heterocycles. The molecule has 0 aliphatic carbocycles. The van der Waals surface area contributed by atoms with Crippen LogP contribution in [0.3, 0.4) is 0 Å². The maximum atomic E-state index is 11.4. The molecule has 2 heterocycles. The number of nitrogens with two attached hydrogens (primary N) is 1. The van der Waals surface area contributed by atoms with E-state index in [1.807, 2.05) is 18.2 Å². The highest BCUT2D eigenvalue weighted by Gasteiger charge is 2.25. The standard InChI is InChI=1S/C13H13N3O3/c1-18-13(17)11-5-4-10(19-11)7-2-3-9-8(6-7)12(14)16-15-9/h2-3,5-6,10H,4H2,1H3,(H3,14,15,16). The molecule has 2 aromatic rings. The van der Waals surface area contributed by atoms with Crippen LogP contribution in [0.15, 0.2) is 30.0 Å². The smallest absolute Gasteiger partial charge is 0.372 e. The number of ether oxygens (including phenoxy) is 2. The van der Waals surface area contributed by atoms with E-state index in [0.717, 1.165) is 16.5 Å². The lowest BCUT2D eigenvalue weighted by Gasteiger charge is -2.12.